The number of benzene rings is 1. The summed E-state index contributed by atoms with van der Waals surface area (Å²) in [5.41, 5.74) is 1.37. The van der Waals surface area contributed by atoms with Crippen LogP contribution in [0.15, 0.2) is 24.3 Å². The normalized spacial score (nSPS) is 14.2. The zero-order valence-corrected chi connectivity index (χ0v) is 12.1. The van der Waals surface area contributed by atoms with Crippen LogP contribution in [0.1, 0.15) is 23.2 Å². The molecule has 0 atom stereocenters. The van der Waals surface area contributed by atoms with Gasteiger partial charge < -0.3 is 15.1 Å². The molecule has 0 aliphatic carbocycles. The molecule has 1 saturated heterocycles. The van der Waals surface area contributed by atoms with Crippen molar-refractivity contribution in [3.8, 4) is 0 Å². The maximum atomic E-state index is 12.4. The minimum Gasteiger partial charge on any atom is -0.387 e. The second-order valence-corrected chi connectivity index (χ2v) is 5.04. The van der Waals surface area contributed by atoms with Crippen LogP contribution < -0.4 is 5.32 Å². The van der Waals surface area contributed by atoms with Crippen LogP contribution in [0.3, 0.4) is 0 Å². The highest BCUT2D eigenvalue weighted by atomic mass is 16.2. The molecule has 1 aliphatic heterocycles. The van der Waals surface area contributed by atoms with Crippen molar-refractivity contribution in [2.45, 2.75) is 12.8 Å². The molecule has 2 amide bonds. The molecule has 0 aromatic heterocycles. The van der Waals surface area contributed by atoms with Gasteiger partial charge in [0.1, 0.15) is 0 Å². The van der Waals surface area contributed by atoms with Crippen molar-refractivity contribution in [1.29, 1.82) is 0 Å². The fourth-order valence-corrected chi connectivity index (χ4v) is 2.43. The minimum atomic E-state index is -0.137. The summed E-state index contributed by atoms with van der Waals surface area (Å²) in [4.78, 5) is 27.8. The number of likely N-dealkylation sites (N-methyl/N-ethyl adjacent to an activating group) is 1. The first-order valence-electron chi connectivity index (χ1n) is 6.93. The van der Waals surface area contributed by atoms with Crippen LogP contribution in [0.4, 0.5) is 5.69 Å². The van der Waals surface area contributed by atoms with Crippen LogP contribution in [0, 0.1) is 0 Å². The molecule has 108 valence electrons. The molecule has 0 spiro atoms. The van der Waals surface area contributed by atoms with Crippen molar-refractivity contribution in [1.82, 2.24) is 9.80 Å². The van der Waals surface area contributed by atoms with E-state index in [0.29, 0.717) is 5.56 Å². The zero-order chi connectivity index (χ0) is 14.5. The van der Waals surface area contributed by atoms with Gasteiger partial charge in [-0.1, -0.05) is 12.1 Å². The van der Waals surface area contributed by atoms with E-state index in [1.165, 1.54) is 4.90 Å². The first-order valence-corrected chi connectivity index (χ1v) is 6.93. The van der Waals surface area contributed by atoms with Gasteiger partial charge in [0.2, 0.25) is 5.91 Å². The molecule has 2 rings (SSSR count). The molecule has 0 saturated carbocycles. The number of likely N-dealkylation sites (tertiary alicyclic amines) is 1. The number of hydrogen-bond donors (Lipinski definition) is 1. The zero-order valence-electron chi connectivity index (χ0n) is 12.1. The molecule has 1 fully saturated rings. The summed E-state index contributed by atoms with van der Waals surface area (Å²) < 4.78 is 0. The van der Waals surface area contributed by atoms with Gasteiger partial charge in [0, 0.05) is 32.9 Å². The Hall–Kier alpha value is -2.04. The molecule has 1 heterocycles. The molecule has 5 nitrogen and oxygen atoms in total. The van der Waals surface area contributed by atoms with E-state index in [0.717, 1.165) is 31.6 Å². The van der Waals surface area contributed by atoms with Gasteiger partial charge in [0.25, 0.3) is 5.91 Å². The lowest BCUT2D eigenvalue weighted by Gasteiger charge is -2.22. The van der Waals surface area contributed by atoms with E-state index in [9.17, 15) is 9.59 Å². The van der Waals surface area contributed by atoms with Crippen LogP contribution in [-0.2, 0) is 4.79 Å². The third-order valence-electron chi connectivity index (χ3n) is 3.60. The SMILES string of the molecule is CNc1ccccc1C(=O)N(C)CC(=O)N1CCCC1. The Balaban J connectivity index is 2.02. The molecule has 0 radical (unpaired) electrons. The van der Waals surface area contributed by atoms with E-state index in [-0.39, 0.29) is 18.4 Å². The lowest BCUT2D eigenvalue weighted by molar-refractivity contribution is -0.130. The molecule has 20 heavy (non-hydrogen) atoms. The second-order valence-electron chi connectivity index (χ2n) is 5.04. The topological polar surface area (TPSA) is 52.7 Å². The van der Waals surface area contributed by atoms with Gasteiger partial charge in [-0.25, -0.2) is 0 Å². The average molecular weight is 275 g/mol. The Morgan fingerprint density at radius 2 is 1.90 bits per heavy atom. The summed E-state index contributed by atoms with van der Waals surface area (Å²) in [6.07, 6.45) is 2.12. The Bertz CT molecular complexity index is 496. The fourth-order valence-electron chi connectivity index (χ4n) is 2.43. The first kappa shape index (κ1) is 14.4. The molecular weight excluding hydrogens is 254 g/mol. The predicted molar refractivity (Wildman–Crippen MR) is 78.8 cm³/mol. The van der Waals surface area contributed by atoms with Gasteiger partial charge in [-0.2, -0.15) is 0 Å². The Morgan fingerprint density at radius 3 is 2.55 bits per heavy atom. The lowest BCUT2D eigenvalue weighted by atomic mass is 10.1. The Labute approximate surface area is 119 Å². The average Bonchev–Trinajstić information content (AvgIpc) is 3.00. The van der Waals surface area contributed by atoms with Crippen LogP contribution in [0.25, 0.3) is 0 Å². The van der Waals surface area contributed by atoms with Crippen LogP contribution in [0.2, 0.25) is 0 Å². The summed E-state index contributed by atoms with van der Waals surface area (Å²) in [5.74, 6) is -0.109. The van der Waals surface area contributed by atoms with Gasteiger partial charge >= 0.3 is 0 Å². The molecule has 0 bridgehead atoms. The van der Waals surface area contributed by atoms with E-state index in [1.807, 2.05) is 23.1 Å². The molecule has 1 N–H and O–H groups in total. The molecule has 5 heteroatoms. The largest absolute Gasteiger partial charge is 0.387 e. The number of rotatable bonds is 4. The number of amides is 2. The number of carbonyl (C=O) groups is 2. The van der Waals surface area contributed by atoms with E-state index in [4.69, 9.17) is 0 Å². The van der Waals surface area contributed by atoms with Crippen molar-refractivity contribution in [2.75, 3.05) is 39.0 Å². The third kappa shape index (κ3) is 3.10. The van der Waals surface area contributed by atoms with Crippen molar-refractivity contribution in [3.05, 3.63) is 29.8 Å². The van der Waals surface area contributed by atoms with E-state index in [2.05, 4.69) is 5.32 Å². The predicted octanol–water partition coefficient (Wildman–Crippen LogP) is 1.42. The number of hydrogen-bond acceptors (Lipinski definition) is 3. The summed E-state index contributed by atoms with van der Waals surface area (Å²) in [6.45, 7) is 1.76. The van der Waals surface area contributed by atoms with Gasteiger partial charge in [-0.3, -0.25) is 9.59 Å². The van der Waals surface area contributed by atoms with Crippen molar-refractivity contribution < 1.29 is 9.59 Å². The highest BCUT2D eigenvalue weighted by molar-refractivity contribution is 6.00. The quantitative estimate of drug-likeness (QED) is 0.904. The Morgan fingerprint density at radius 1 is 1.25 bits per heavy atom. The summed E-state index contributed by atoms with van der Waals surface area (Å²) >= 11 is 0. The van der Waals surface area contributed by atoms with Crippen molar-refractivity contribution in [3.63, 3.8) is 0 Å². The second kappa shape index (κ2) is 6.41. The number of nitrogens with zero attached hydrogens (tertiary/aromatic N) is 2. The maximum Gasteiger partial charge on any atom is 0.256 e. The minimum absolute atomic E-state index is 0.0280. The van der Waals surface area contributed by atoms with E-state index in [1.54, 1.807) is 20.2 Å². The number of para-hydroxylation sites is 1. The fraction of sp³-hybridized carbons (Fsp3) is 0.467. The van der Waals surface area contributed by atoms with Crippen molar-refractivity contribution >= 4 is 17.5 Å². The molecule has 1 aromatic rings. The first-order chi connectivity index (χ1) is 9.63. The number of carbonyl (C=O) groups excluding carboxylic acids is 2. The van der Waals surface area contributed by atoms with Crippen LogP contribution in [0.5, 0.6) is 0 Å². The van der Waals surface area contributed by atoms with Gasteiger partial charge in [0.15, 0.2) is 0 Å². The standard InChI is InChI=1S/C15H21N3O2/c1-16-13-8-4-3-7-12(13)15(20)17(2)11-14(19)18-9-5-6-10-18/h3-4,7-8,16H,5-6,9-11H2,1-2H3. The summed E-state index contributed by atoms with van der Waals surface area (Å²) in [7, 11) is 3.45. The van der Waals surface area contributed by atoms with Crippen molar-refractivity contribution in [2.24, 2.45) is 0 Å². The van der Waals surface area contributed by atoms with Gasteiger partial charge in [0.05, 0.1) is 12.1 Å². The number of nitrogens with one attached hydrogen (secondary N) is 1. The molecule has 1 aromatic carbocycles. The van der Waals surface area contributed by atoms with Crippen LogP contribution in [-0.4, -0.2) is 55.3 Å². The maximum absolute atomic E-state index is 12.4. The summed E-state index contributed by atoms with van der Waals surface area (Å²) in [5, 5.41) is 3.00. The summed E-state index contributed by atoms with van der Waals surface area (Å²) in [6, 6.07) is 7.32. The highest BCUT2D eigenvalue weighted by Crippen LogP contribution is 2.16. The third-order valence-corrected chi connectivity index (χ3v) is 3.60. The van der Waals surface area contributed by atoms with E-state index < -0.39 is 0 Å². The lowest BCUT2D eigenvalue weighted by Crippen LogP contribution is -2.40. The van der Waals surface area contributed by atoms with Gasteiger partial charge in [-0.15, -0.1) is 0 Å². The van der Waals surface area contributed by atoms with Crippen LogP contribution >= 0.6 is 0 Å². The molecule has 1 aliphatic rings. The monoisotopic (exact) mass is 275 g/mol. The number of anilines is 1. The molecular formula is C15H21N3O2. The van der Waals surface area contributed by atoms with E-state index >= 15 is 0 Å². The Kier molecular flexibility index (Phi) is 4.61. The highest BCUT2D eigenvalue weighted by Gasteiger charge is 2.22. The van der Waals surface area contributed by atoms with Gasteiger partial charge in [-0.05, 0) is 25.0 Å². The smallest absolute Gasteiger partial charge is 0.256 e. The molecule has 0 unspecified atom stereocenters.